The van der Waals surface area contributed by atoms with Crippen LogP contribution in [-0.4, -0.2) is 43.4 Å². The maximum absolute atomic E-state index is 12.2. The van der Waals surface area contributed by atoms with E-state index in [1.54, 1.807) is 21.1 Å². The van der Waals surface area contributed by atoms with E-state index in [9.17, 15) is 9.90 Å². The van der Waals surface area contributed by atoms with Crippen LogP contribution in [-0.2, 0) is 21.0 Å². The zero-order valence-corrected chi connectivity index (χ0v) is 19.2. The summed E-state index contributed by atoms with van der Waals surface area (Å²) in [5, 5.41) is 11.8. The van der Waals surface area contributed by atoms with E-state index in [1.165, 1.54) is 7.11 Å². The lowest BCUT2D eigenvalue weighted by Crippen LogP contribution is -2.39. The second kappa shape index (κ2) is 12.4. The van der Waals surface area contributed by atoms with Crippen molar-refractivity contribution in [3.05, 3.63) is 65.7 Å². The Morgan fingerprint density at radius 2 is 1.74 bits per heavy atom. The van der Waals surface area contributed by atoms with Crippen molar-refractivity contribution >= 4 is 5.91 Å². The number of aliphatic hydroxyl groups is 1. The van der Waals surface area contributed by atoms with Crippen molar-refractivity contribution in [1.29, 1.82) is 0 Å². The molecule has 6 heteroatoms. The van der Waals surface area contributed by atoms with Crippen LogP contribution in [0.5, 0.6) is 5.75 Å². The van der Waals surface area contributed by atoms with Crippen LogP contribution in [0.2, 0.25) is 0 Å². The maximum atomic E-state index is 12.2. The predicted molar refractivity (Wildman–Crippen MR) is 120 cm³/mol. The minimum absolute atomic E-state index is 0.0700. The molecule has 0 aromatic heterocycles. The van der Waals surface area contributed by atoms with Crippen LogP contribution >= 0.6 is 0 Å². The molecular weight excluding hydrogens is 394 g/mol. The Morgan fingerprint density at radius 3 is 2.39 bits per heavy atom. The molecule has 0 spiro atoms. The van der Waals surface area contributed by atoms with E-state index in [1.807, 2.05) is 61.5 Å². The fraction of sp³-hybridized carbons (Fsp3) is 0.480. The van der Waals surface area contributed by atoms with Crippen LogP contribution in [0, 0.1) is 11.8 Å². The summed E-state index contributed by atoms with van der Waals surface area (Å²) in [6, 6.07) is 17.9. The van der Waals surface area contributed by atoms with Gasteiger partial charge < -0.3 is 14.6 Å². The highest BCUT2D eigenvalue weighted by Crippen LogP contribution is 2.29. The van der Waals surface area contributed by atoms with E-state index in [0.717, 1.165) is 28.4 Å². The molecule has 4 atom stereocenters. The summed E-state index contributed by atoms with van der Waals surface area (Å²) >= 11 is 0. The smallest absolute Gasteiger partial charge is 0.251 e. The van der Waals surface area contributed by atoms with E-state index in [-0.39, 0.29) is 17.9 Å². The van der Waals surface area contributed by atoms with Gasteiger partial charge in [-0.3, -0.25) is 9.63 Å². The number of amides is 1. The number of ether oxygens (including phenoxy) is 2. The van der Waals surface area contributed by atoms with E-state index >= 15 is 0 Å². The average molecular weight is 430 g/mol. The summed E-state index contributed by atoms with van der Waals surface area (Å²) in [5.74, 6) is -0.0678. The van der Waals surface area contributed by atoms with E-state index in [2.05, 4.69) is 0 Å². The lowest BCUT2D eigenvalue weighted by Gasteiger charge is -2.27. The van der Waals surface area contributed by atoms with Gasteiger partial charge in [0, 0.05) is 14.2 Å². The summed E-state index contributed by atoms with van der Waals surface area (Å²) in [5.41, 5.74) is 2.14. The number of methoxy groups -OCH3 is 1. The Bertz CT molecular complexity index is 798. The second-order valence-electron chi connectivity index (χ2n) is 7.92. The fourth-order valence-electron chi connectivity index (χ4n) is 3.57. The molecule has 0 radical (unpaired) electrons. The molecule has 170 valence electrons. The summed E-state index contributed by atoms with van der Waals surface area (Å²) in [6.07, 6.45) is 0.548. The van der Waals surface area contributed by atoms with Crippen molar-refractivity contribution in [1.82, 2.24) is 5.06 Å². The van der Waals surface area contributed by atoms with E-state index in [0.29, 0.717) is 13.0 Å². The molecule has 1 amide bonds. The minimum Gasteiger partial charge on any atom is -0.489 e. The van der Waals surface area contributed by atoms with Crippen molar-refractivity contribution < 1.29 is 24.2 Å². The average Bonchev–Trinajstić information content (AvgIpc) is 2.81. The van der Waals surface area contributed by atoms with E-state index in [4.69, 9.17) is 14.3 Å². The molecule has 0 fully saturated rings. The van der Waals surface area contributed by atoms with Gasteiger partial charge in [-0.2, -0.15) is 0 Å². The first kappa shape index (κ1) is 24.9. The van der Waals surface area contributed by atoms with Gasteiger partial charge >= 0.3 is 0 Å². The van der Waals surface area contributed by atoms with Crippen LogP contribution in [0.1, 0.15) is 43.9 Å². The third-order valence-corrected chi connectivity index (χ3v) is 5.72. The third kappa shape index (κ3) is 7.35. The van der Waals surface area contributed by atoms with Gasteiger partial charge in [0.15, 0.2) is 0 Å². The van der Waals surface area contributed by atoms with Gasteiger partial charge in [0.25, 0.3) is 5.91 Å². The molecule has 6 nitrogen and oxygen atoms in total. The summed E-state index contributed by atoms with van der Waals surface area (Å²) in [4.78, 5) is 17.2. The molecule has 0 heterocycles. The number of nitrogens with zero attached hydrogens (tertiary/aromatic N) is 1. The third-order valence-electron chi connectivity index (χ3n) is 5.72. The quantitative estimate of drug-likeness (QED) is 0.507. The van der Waals surface area contributed by atoms with Crippen molar-refractivity contribution in [2.24, 2.45) is 11.8 Å². The SMILES string of the molecule is CO[C@@H](CC[C@H](C)[C@@H](O)[C@@H](C)C(=O)N(C)OC)c1cccc(OCc2ccccc2)c1. The molecule has 0 saturated carbocycles. The molecule has 0 aliphatic carbocycles. The van der Waals surface area contributed by atoms with Gasteiger partial charge in [0.05, 0.1) is 25.2 Å². The zero-order valence-electron chi connectivity index (χ0n) is 19.2. The first-order chi connectivity index (χ1) is 14.9. The van der Waals surface area contributed by atoms with Crippen LogP contribution in [0.25, 0.3) is 0 Å². The van der Waals surface area contributed by atoms with Gasteiger partial charge in [-0.15, -0.1) is 0 Å². The van der Waals surface area contributed by atoms with E-state index < -0.39 is 12.0 Å². The molecule has 0 aliphatic heterocycles. The minimum atomic E-state index is -0.761. The summed E-state index contributed by atoms with van der Waals surface area (Å²) in [6.45, 7) is 4.18. The first-order valence-electron chi connectivity index (χ1n) is 10.7. The lowest BCUT2D eigenvalue weighted by atomic mass is 9.88. The Balaban J connectivity index is 1.94. The number of rotatable bonds is 12. The number of carbonyl (C=O) groups is 1. The van der Waals surface area contributed by atoms with Crippen LogP contribution in [0.15, 0.2) is 54.6 Å². The normalized spacial score (nSPS) is 15.0. The van der Waals surface area contributed by atoms with Crippen molar-refractivity contribution in [2.45, 2.75) is 45.5 Å². The molecule has 1 N–H and O–H groups in total. The molecule has 0 saturated heterocycles. The summed E-state index contributed by atoms with van der Waals surface area (Å²) < 4.78 is 11.6. The molecule has 0 aliphatic rings. The lowest BCUT2D eigenvalue weighted by molar-refractivity contribution is -0.177. The number of benzene rings is 2. The van der Waals surface area contributed by atoms with Gasteiger partial charge in [-0.25, -0.2) is 5.06 Å². The first-order valence-corrected chi connectivity index (χ1v) is 10.7. The Kier molecular flexibility index (Phi) is 9.98. The molecule has 2 aromatic carbocycles. The van der Waals surface area contributed by atoms with Gasteiger partial charge in [0.2, 0.25) is 0 Å². The topological polar surface area (TPSA) is 68.2 Å². The number of aliphatic hydroxyl groups excluding tert-OH is 1. The highest BCUT2D eigenvalue weighted by molar-refractivity contribution is 5.77. The molecule has 2 rings (SSSR count). The molecule has 31 heavy (non-hydrogen) atoms. The monoisotopic (exact) mass is 429 g/mol. The number of hydroxylamine groups is 2. The number of carbonyl (C=O) groups excluding carboxylic acids is 1. The molecule has 0 unspecified atom stereocenters. The largest absolute Gasteiger partial charge is 0.489 e. The molecule has 2 aromatic rings. The van der Waals surface area contributed by atoms with Gasteiger partial charge in [0.1, 0.15) is 12.4 Å². The van der Waals surface area contributed by atoms with Crippen molar-refractivity contribution in [3.63, 3.8) is 0 Å². The molecule has 0 bridgehead atoms. The van der Waals surface area contributed by atoms with Gasteiger partial charge in [-0.1, -0.05) is 56.3 Å². The maximum Gasteiger partial charge on any atom is 0.251 e. The van der Waals surface area contributed by atoms with Crippen LogP contribution < -0.4 is 4.74 Å². The van der Waals surface area contributed by atoms with Crippen LogP contribution in [0.3, 0.4) is 0 Å². The molecular formula is C25H35NO5. The second-order valence-corrected chi connectivity index (χ2v) is 7.92. The highest BCUT2D eigenvalue weighted by atomic mass is 16.7. The van der Waals surface area contributed by atoms with Crippen LogP contribution in [0.4, 0.5) is 0 Å². The Labute approximate surface area is 185 Å². The van der Waals surface area contributed by atoms with Crippen molar-refractivity contribution in [2.75, 3.05) is 21.3 Å². The number of hydrogen-bond acceptors (Lipinski definition) is 5. The standard InChI is InChI=1S/C25H35NO5/c1-18(24(27)19(2)25(28)26(3)30-5)14-15-23(29-4)21-12-9-13-22(16-21)31-17-20-10-7-6-8-11-20/h6-13,16,18-19,23-24,27H,14-15,17H2,1-5H3/t18-,19+,23-,24+/m0/s1. The zero-order chi connectivity index (χ0) is 22.8. The summed E-state index contributed by atoms with van der Waals surface area (Å²) in [7, 11) is 4.66. The predicted octanol–water partition coefficient (Wildman–Crippen LogP) is 4.39. The number of hydrogen-bond donors (Lipinski definition) is 1. The van der Waals surface area contributed by atoms with Crippen molar-refractivity contribution in [3.8, 4) is 5.75 Å². The highest BCUT2D eigenvalue weighted by Gasteiger charge is 2.29. The Morgan fingerprint density at radius 1 is 1.03 bits per heavy atom. The van der Waals surface area contributed by atoms with Gasteiger partial charge in [-0.05, 0) is 42.0 Å². The fourth-order valence-corrected chi connectivity index (χ4v) is 3.57. The Hall–Kier alpha value is -2.41.